The predicted molar refractivity (Wildman–Crippen MR) is 92.2 cm³/mol. The number of para-hydroxylation sites is 1. The second-order valence-corrected chi connectivity index (χ2v) is 5.59. The molecule has 0 aliphatic heterocycles. The van der Waals surface area contributed by atoms with Crippen molar-refractivity contribution in [3.63, 3.8) is 0 Å². The van der Waals surface area contributed by atoms with Crippen molar-refractivity contribution in [2.75, 3.05) is 19.0 Å². The number of anilines is 1. The Morgan fingerprint density at radius 1 is 1.15 bits per heavy atom. The van der Waals surface area contributed by atoms with Crippen molar-refractivity contribution in [1.82, 2.24) is 0 Å². The summed E-state index contributed by atoms with van der Waals surface area (Å²) in [5, 5.41) is 2.90. The Bertz CT molecular complexity index is 999. The Morgan fingerprint density at radius 3 is 2.67 bits per heavy atom. The first-order chi connectivity index (χ1) is 13.0. The smallest absolute Gasteiger partial charge is 0.375 e. The first-order valence-corrected chi connectivity index (χ1v) is 7.91. The minimum Gasteiger partial charge on any atom is -0.450 e. The molecule has 3 aromatic rings. The van der Waals surface area contributed by atoms with Gasteiger partial charge in [0, 0.05) is 24.1 Å². The summed E-state index contributed by atoms with van der Waals surface area (Å²) in [5.74, 6) is -3.41. The van der Waals surface area contributed by atoms with Crippen LogP contribution in [0.5, 0.6) is 0 Å². The topological polar surface area (TPSA) is 77.8 Å². The van der Waals surface area contributed by atoms with E-state index in [0.29, 0.717) is 22.6 Å². The second kappa shape index (κ2) is 7.96. The maximum atomic E-state index is 13.5. The molecule has 3 rings (SSSR count). The monoisotopic (exact) mass is 375 g/mol. The fraction of sp³-hybridized carbons (Fsp3) is 0.158. The molecule has 0 radical (unpaired) electrons. The summed E-state index contributed by atoms with van der Waals surface area (Å²) in [6.07, 6.45) is 0. The number of carbonyl (C=O) groups excluding carboxylic acids is 2. The van der Waals surface area contributed by atoms with E-state index in [1.807, 2.05) is 0 Å². The van der Waals surface area contributed by atoms with Gasteiger partial charge in [0.25, 0.3) is 5.91 Å². The molecule has 0 saturated heterocycles. The number of hydrogen-bond donors (Lipinski definition) is 1. The molecule has 0 aliphatic rings. The lowest BCUT2D eigenvalue weighted by molar-refractivity contribution is -0.119. The fourth-order valence-corrected chi connectivity index (χ4v) is 2.53. The highest BCUT2D eigenvalue weighted by atomic mass is 19.1. The minimum atomic E-state index is -0.936. The summed E-state index contributed by atoms with van der Waals surface area (Å²) in [7, 11) is 1.47. The first-order valence-electron chi connectivity index (χ1n) is 7.91. The Kier molecular flexibility index (Phi) is 5.46. The Morgan fingerprint density at radius 2 is 1.93 bits per heavy atom. The summed E-state index contributed by atoms with van der Waals surface area (Å²) in [5.41, 5.74) is 0.763. The van der Waals surface area contributed by atoms with Crippen LogP contribution >= 0.6 is 0 Å². The third kappa shape index (κ3) is 4.12. The number of methoxy groups -OCH3 is 1. The number of halogens is 2. The van der Waals surface area contributed by atoms with Crippen molar-refractivity contribution in [3.8, 4) is 0 Å². The summed E-state index contributed by atoms with van der Waals surface area (Å²) in [6, 6.07) is 9.70. The molecule has 27 heavy (non-hydrogen) atoms. The van der Waals surface area contributed by atoms with Gasteiger partial charge in [0.2, 0.25) is 5.76 Å². The number of nitrogens with one attached hydrogen (secondary N) is 1. The van der Waals surface area contributed by atoms with Crippen molar-refractivity contribution in [1.29, 1.82) is 0 Å². The minimum absolute atomic E-state index is 0.0705. The number of amides is 1. The van der Waals surface area contributed by atoms with E-state index in [1.165, 1.54) is 7.11 Å². The number of ether oxygens (including phenoxy) is 2. The molecule has 0 spiro atoms. The van der Waals surface area contributed by atoms with Crippen molar-refractivity contribution in [3.05, 3.63) is 65.4 Å². The molecule has 0 bridgehead atoms. The Balaban J connectivity index is 1.69. The van der Waals surface area contributed by atoms with Gasteiger partial charge in [-0.15, -0.1) is 0 Å². The van der Waals surface area contributed by atoms with Crippen LogP contribution in [0.15, 0.2) is 46.9 Å². The van der Waals surface area contributed by atoms with Crippen LogP contribution in [0, 0.1) is 11.6 Å². The zero-order chi connectivity index (χ0) is 19.4. The van der Waals surface area contributed by atoms with Crippen molar-refractivity contribution in [2.45, 2.75) is 6.61 Å². The molecule has 1 aromatic heterocycles. The van der Waals surface area contributed by atoms with Crippen LogP contribution in [-0.4, -0.2) is 25.6 Å². The van der Waals surface area contributed by atoms with Crippen LogP contribution in [0.1, 0.15) is 16.1 Å². The van der Waals surface area contributed by atoms with Crippen LogP contribution in [0.25, 0.3) is 11.0 Å². The molecule has 2 aromatic carbocycles. The summed E-state index contributed by atoms with van der Waals surface area (Å²) in [6.45, 7) is -0.548. The number of esters is 1. The SMILES string of the molecule is COCc1c(C(=O)OCC(=O)Nc2ccc(F)cc2F)oc2ccccc12. The van der Waals surface area contributed by atoms with E-state index < -0.39 is 30.1 Å². The van der Waals surface area contributed by atoms with Gasteiger partial charge in [-0.25, -0.2) is 13.6 Å². The summed E-state index contributed by atoms with van der Waals surface area (Å²) < 4.78 is 42.0. The van der Waals surface area contributed by atoms with Gasteiger partial charge in [0.15, 0.2) is 6.61 Å². The molecule has 0 saturated carbocycles. The van der Waals surface area contributed by atoms with Gasteiger partial charge in [-0.1, -0.05) is 18.2 Å². The quantitative estimate of drug-likeness (QED) is 0.666. The van der Waals surface area contributed by atoms with E-state index in [9.17, 15) is 18.4 Å². The number of benzene rings is 2. The predicted octanol–water partition coefficient (Wildman–Crippen LogP) is 3.65. The molecule has 0 unspecified atom stereocenters. The lowest BCUT2D eigenvalue weighted by Crippen LogP contribution is -2.21. The van der Waals surface area contributed by atoms with Crippen LogP contribution in [0.4, 0.5) is 14.5 Å². The van der Waals surface area contributed by atoms with Crippen LogP contribution in [0.2, 0.25) is 0 Å². The molecular formula is C19H15F2NO5. The van der Waals surface area contributed by atoms with Crippen molar-refractivity contribution in [2.24, 2.45) is 0 Å². The molecule has 1 heterocycles. The Labute approximate surface area is 152 Å². The molecule has 0 fully saturated rings. The van der Waals surface area contributed by atoms with Crippen molar-refractivity contribution >= 4 is 28.5 Å². The van der Waals surface area contributed by atoms with Gasteiger partial charge in [-0.2, -0.15) is 0 Å². The van der Waals surface area contributed by atoms with Crippen LogP contribution in [-0.2, 0) is 20.9 Å². The normalized spacial score (nSPS) is 10.8. The number of furan rings is 1. The van der Waals surface area contributed by atoms with Gasteiger partial charge in [0.1, 0.15) is 17.2 Å². The molecule has 140 valence electrons. The molecule has 6 nitrogen and oxygen atoms in total. The zero-order valence-electron chi connectivity index (χ0n) is 14.3. The standard InChI is InChI=1S/C19H15F2NO5/c1-25-9-13-12-4-2-3-5-16(12)27-18(13)19(24)26-10-17(23)22-15-7-6-11(20)8-14(15)21/h2-8H,9-10H2,1H3,(H,22,23). The lowest BCUT2D eigenvalue weighted by Gasteiger charge is -2.07. The largest absolute Gasteiger partial charge is 0.450 e. The van der Waals surface area contributed by atoms with Gasteiger partial charge in [-0.3, -0.25) is 4.79 Å². The van der Waals surface area contributed by atoms with Crippen LogP contribution < -0.4 is 5.32 Å². The zero-order valence-corrected chi connectivity index (χ0v) is 14.3. The van der Waals surface area contributed by atoms with Gasteiger partial charge in [-0.05, 0) is 18.2 Å². The molecular weight excluding hydrogens is 360 g/mol. The maximum Gasteiger partial charge on any atom is 0.375 e. The summed E-state index contributed by atoms with van der Waals surface area (Å²) >= 11 is 0. The number of fused-ring (bicyclic) bond motifs is 1. The van der Waals surface area contributed by atoms with E-state index in [1.54, 1.807) is 24.3 Å². The second-order valence-electron chi connectivity index (χ2n) is 5.59. The number of carbonyl (C=O) groups is 2. The van der Waals surface area contributed by atoms with E-state index >= 15 is 0 Å². The molecule has 0 atom stereocenters. The molecule has 0 aliphatic carbocycles. The third-order valence-corrected chi connectivity index (χ3v) is 3.71. The molecule has 8 heteroatoms. The highest BCUT2D eigenvalue weighted by Gasteiger charge is 2.22. The third-order valence-electron chi connectivity index (χ3n) is 3.71. The van der Waals surface area contributed by atoms with E-state index in [4.69, 9.17) is 13.9 Å². The van der Waals surface area contributed by atoms with Gasteiger partial charge in [0.05, 0.1) is 12.3 Å². The first kappa shape index (κ1) is 18.5. The number of rotatable bonds is 6. The average molecular weight is 375 g/mol. The average Bonchev–Trinajstić information content (AvgIpc) is 3.01. The van der Waals surface area contributed by atoms with Crippen LogP contribution in [0.3, 0.4) is 0 Å². The van der Waals surface area contributed by atoms with Gasteiger partial charge >= 0.3 is 5.97 Å². The van der Waals surface area contributed by atoms with Gasteiger partial charge < -0.3 is 19.2 Å². The summed E-state index contributed by atoms with van der Waals surface area (Å²) in [4.78, 5) is 24.2. The fourth-order valence-electron chi connectivity index (χ4n) is 2.53. The Hall–Kier alpha value is -3.26. The molecule has 1 N–H and O–H groups in total. The van der Waals surface area contributed by atoms with E-state index in [-0.39, 0.29) is 18.1 Å². The lowest BCUT2D eigenvalue weighted by atomic mass is 10.1. The highest BCUT2D eigenvalue weighted by Crippen LogP contribution is 2.27. The van der Waals surface area contributed by atoms with E-state index in [0.717, 1.165) is 12.1 Å². The number of hydrogen-bond acceptors (Lipinski definition) is 5. The maximum absolute atomic E-state index is 13.5. The van der Waals surface area contributed by atoms with E-state index in [2.05, 4.69) is 5.32 Å². The molecule has 1 amide bonds. The highest BCUT2D eigenvalue weighted by molar-refractivity contribution is 5.98. The van der Waals surface area contributed by atoms with Crippen molar-refractivity contribution < 1.29 is 32.3 Å².